The van der Waals surface area contributed by atoms with E-state index in [1.165, 1.54) is 12.8 Å². The number of rotatable bonds is 7. The zero-order chi connectivity index (χ0) is 14.5. The Kier molecular flexibility index (Phi) is 6.18. The molecule has 2 atom stereocenters. The minimum Gasteiger partial charge on any atom is -0.454 e. The van der Waals surface area contributed by atoms with Crippen LogP contribution in [-0.4, -0.2) is 18.2 Å². The molecule has 1 aliphatic heterocycles. The lowest BCUT2D eigenvalue weighted by Gasteiger charge is -2.22. The second kappa shape index (κ2) is 7.66. The van der Waals surface area contributed by atoms with E-state index in [-0.39, 0.29) is 17.7 Å². The molecule has 0 bridgehead atoms. The Bertz CT molecular complexity index is 449. The van der Waals surface area contributed by atoms with Crippen molar-refractivity contribution in [2.75, 3.05) is 13.4 Å². The maximum Gasteiger partial charge on any atom is 0.231 e. The average Bonchev–Trinajstić information content (AvgIpc) is 2.85. The highest BCUT2D eigenvalue weighted by atomic mass is 79.9. The summed E-state index contributed by atoms with van der Waals surface area (Å²) in [6.07, 6.45) is 3.49. The molecule has 0 spiro atoms. The molecule has 5 heteroatoms. The summed E-state index contributed by atoms with van der Waals surface area (Å²) in [5.74, 6) is 1.58. The molecule has 0 aliphatic carbocycles. The van der Waals surface area contributed by atoms with Crippen molar-refractivity contribution in [3.05, 3.63) is 22.2 Å². The molecule has 112 valence electrons. The Morgan fingerprint density at radius 2 is 1.95 bits per heavy atom. The molecule has 1 aromatic carbocycles. The molecule has 0 N–H and O–H groups in total. The SMILES string of the molecule is CCCCCO[C@@H](c1cc2c(cc1Br)OCO2)[C@@H](C)Br. The smallest absolute Gasteiger partial charge is 0.231 e. The van der Waals surface area contributed by atoms with E-state index in [2.05, 4.69) is 45.7 Å². The lowest BCUT2D eigenvalue weighted by molar-refractivity contribution is 0.0519. The number of halogens is 2. The standard InChI is InChI=1S/C15H20Br2O3/c1-3-4-5-6-18-15(10(2)16)11-7-13-14(8-12(11)17)20-9-19-13/h7-8,10,15H,3-6,9H2,1-2H3/t10-,15-/m1/s1. The Balaban J connectivity index is 2.12. The number of benzene rings is 1. The molecule has 2 rings (SSSR count). The van der Waals surface area contributed by atoms with Gasteiger partial charge in [-0.2, -0.15) is 0 Å². The maximum absolute atomic E-state index is 6.06. The highest BCUT2D eigenvalue weighted by molar-refractivity contribution is 9.10. The first-order valence-corrected chi connectivity index (χ1v) is 8.69. The molecule has 0 amide bonds. The molecule has 3 nitrogen and oxygen atoms in total. The van der Waals surface area contributed by atoms with E-state index in [4.69, 9.17) is 14.2 Å². The zero-order valence-electron chi connectivity index (χ0n) is 11.8. The fraction of sp³-hybridized carbons (Fsp3) is 0.600. The summed E-state index contributed by atoms with van der Waals surface area (Å²) >= 11 is 7.25. The Morgan fingerprint density at radius 3 is 2.60 bits per heavy atom. The molecule has 0 radical (unpaired) electrons. The molecule has 0 fully saturated rings. The van der Waals surface area contributed by atoms with Gasteiger partial charge in [0.25, 0.3) is 0 Å². The van der Waals surface area contributed by atoms with E-state index >= 15 is 0 Å². The monoisotopic (exact) mass is 406 g/mol. The minimum absolute atomic E-state index is 0.00395. The molecule has 0 aromatic heterocycles. The minimum atomic E-state index is -0.00395. The lowest BCUT2D eigenvalue weighted by Crippen LogP contribution is -2.14. The quantitative estimate of drug-likeness (QED) is 0.458. The van der Waals surface area contributed by atoms with Crippen molar-refractivity contribution in [3.8, 4) is 11.5 Å². The van der Waals surface area contributed by atoms with Gasteiger partial charge in [-0.1, -0.05) is 51.6 Å². The van der Waals surface area contributed by atoms with Gasteiger partial charge in [0.1, 0.15) is 0 Å². The number of fused-ring (bicyclic) bond motifs is 1. The summed E-state index contributed by atoms with van der Waals surface area (Å²) in [5, 5.41) is 0. The highest BCUT2D eigenvalue weighted by Crippen LogP contribution is 2.41. The van der Waals surface area contributed by atoms with E-state index in [9.17, 15) is 0 Å². The van der Waals surface area contributed by atoms with Crippen molar-refractivity contribution in [1.29, 1.82) is 0 Å². The van der Waals surface area contributed by atoms with Crippen LogP contribution in [0.1, 0.15) is 44.8 Å². The van der Waals surface area contributed by atoms with Crippen molar-refractivity contribution >= 4 is 31.9 Å². The van der Waals surface area contributed by atoms with Crippen LogP contribution in [0.15, 0.2) is 16.6 Å². The third-order valence-corrected chi connectivity index (χ3v) is 4.43. The third kappa shape index (κ3) is 3.89. The summed E-state index contributed by atoms with van der Waals surface area (Å²) in [7, 11) is 0. The van der Waals surface area contributed by atoms with Gasteiger partial charge in [0.05, 0.1) is 6.10 Å². The van der Waals surface area contributed by atoms with Crippen molar-refractivity contribution in [2.45, 2.75) is 44.0 Å². The van der Waals surface area contributed by atoms with Crippen molar-refractivity contribution < 1.29 is 14.2 Å². The largest absolute Gasteiger partial charge is 0.454 e. The number of ether oxygens (including phenoxy) is 3. The number of unbranched alkanes of at least 4 members (excludes halogenated alkanes) is 2. The Morgan fingerprint density at radius 1 is 1.25 bits per heavy atom. The predicted octanol–water partition coefficient (Wildman–Crippen LogP) is 5.21. The van der Waals surface area contributed by atoms with Gasteiger partial charge in [0.2, 0.25) is 6.79 Å². The predicted molar refractivity (Wildman–Crippen MR) is 86.9 cm³/mol. The lowest BCUT2D eigenvalue weighted by atomic mass is 10.1. The van der Waals surface area contributed by atoms with Crippen molar-refractivity contribution in [1.82, 2.24) is 0 Å². The molecule has 1 heterocycles. The molecule has 0 unspecified atom stereocenters. The van der Waals surface area contributed by atoms with E-state index in [1.807, 2.05) is 12.1 Å². The normalized spacial score (nSPS) is 16.2. The second-order valence-corrected chi connectivity index (χ2v) is 7.20. The van der Waals surface area contributed by atoms with Crippen LogP contribution in [-0.2, 0) is 4.74 Å². The second-order valence-electron chi connectivity index (χ2n) is 4.90. The first-order valence-electron chi connectivity index (χ1n) is 6.98. The highest BCUT2D eigenvalue weighted by Gasteiger charge is 2.24. The molecule has 1 aliphatic rings. The maximum atomic E-state index is 6.06. The molecule has 20 heavy (non-hydrogen) atoms. The van der Waals surface area contributed by atoms with Gasteiger partial charge in [-0.25, -0.2) is 0 Å². The van der Waals surface area contributed by atoms with Crippen LogP contribution >= 0.6 is 31.9 Å². The summed E-state index contributed by atoms with van der Waals surface area (Å²) in [6, 6.07) is 3.96. The van der Waals surface area contributed by atoms with Gasteiger partial charge in [0, 0.05) is 21.5 Å². The van der Waals surface area contributed by atoms with Crippen LogP contribution < -0.4 is 9.47 Å². The van der Waals surface area contributed by atoms with Gasteiger partial charge < -0.3 is 14.2 Å². The topological polar surface area (TPSA) is 27.7 Å². The number of hydrogen-bond acceptors (Lipinski definition) is 3. The first-order chi connectivity index (χ1) is 9.63. The third-order valence-electron chi connectivity index (χ3n) is 3.26. The van der Waals surface area contributed by atoms with Gasteiger partial charge >= 0.3 is 0 Å². The van der Waals surface area contributed by atoms with E-state index in [0.29, 0.717) is 0 Å². The summed E-state index contributed by atoms with van der Waals surface area (Å²) in [4.78, 5) is 0.223. The Hall–Kier alpha value is -0.260. The summed E-state index contributed by atoms with van der Waals surface area (Å²) in [5.41, 5.74) is 1.09. The van der Waals surface area contributed by atoms with Crippen LogP contribution in [0.4, 0.5) is 0 Å². The van der Waals surface area contributed by atoms with Gasteiger partial charge in [-0.05, 0) is 25.5 Å². The molecule has 1 aromatic rings. The van der Waals surface area contributed by atoms with Crippen LogP contribution in [0.25, 0.3) is 0 Å². The van der Waals surface area contributed by atoms with Gasteiger partial charge in [-0.3, -0.25) is 0 Å². The summed E-state index contributed by atoms with van der Waals surface area (Å²) < 4.78 is 17.9. The van der Waals surface area contributed by atoms with E-state index in [1.54, 1.807) is 0 Å². The molecular weight excluding hydrogens is 388 g/mol. The van der Waals surface area contributed by atoms with Gasteiger partial charge in [-0.15, -0.1) is 0 Å². The zero-order valence-corrected chi connectivity index (χ0v) is 15.0. The fourth-order valence-corrected chi connectivity index (χ4v) is 3.17. The Labute approximate surface area is 137 Å². The van der Waals surface area contributed by atoms with E-state index < -0.39 is 0 Å². The van der Waals surface area contributed by atoms with E-state index in [0.717, 1.165) is 34.6 Å². The molecule has 0 saturated carbocycles. The van der Waals surface area contributed by atoms with Crippen LogP contribution in [0.2, 0.25) is 0 Å². The van der Waals surface area contributed by atoms with Crippen LogP contribution in [0.5, 0.6) is 11.5 Å². The molecule has 0 saturated heterocycles. The van der Waals surface area contributed by atoms with Crippen LogP contribution in [0.3, 0.4) is 0 Å². The molecular formula is C15H20Br2O3. The van der Waals surface area contributed by atoms with Gasteiger partial charge in [0.15, 0.2) is 11.5 Å². The van der Waals surface area contributed by atoms with Crippen molar-refractivity contribution in [2.24, 2.45) is 0 Å². The average molecular weight is 408 g/mol. The summed E-state index contributed by atoms with van der Waals surface area (Å²) in [6.45, 7) is 5.35. The number of alkyl halides is 1. The van der Waals surface area contributed by atoms with Crippen LogP contribution in [0, 0.1) is 0 Å². The fourth-order valence-electron chi connectivity index (χ4n) is 2.18. The van der Waals surface area contributed by atoms with Crippen molar-refractivity contribution in [3.63, 3.8) is 0 Å². The number of hydrogen-bond donors (Lipinski definition) is 0. The first kappa shape index (κ1) is 16.1.